The van der Waals surface area contributed by atoms with Crippen LogP contribution < -0.4 is 9.46 Å². The fourth-order valence-corrected chi connectivity index (χ4v) is 4.09. The number of methoxy groups -OCH3 is 1. The zero-order chi connectivity index (χ0) is 14.8. The molecule has 0 fully saturated rings. The number of hydrogen-bond donors (Lipinski definition) is 1. The molecule has 1 unspecified atom stereocenters. The molecule has 0 amide bonds. The summed E-state index contributed by atoms with van der Waals surface area (Å²) in [6, 6.07) is 7.86. The lowest BCUT2D eigenvalue weighted by atomic mass is 10.3. The Bertz CT molecular complexity index is 684. The summed E-state index contributed by atoms with van der Waals surface area (Å²) in [7, 11) is -2.14. The van der Waals surface area contributed by atoms with Crippen molar-refractivity contribution in [2.75, 3.05) is 7.11 Å². The van der Waals surface area contributed by atoms with Crippen molar-refractivity contribution in [3.05, 3.63) is 45.6 Å². The van der Waals surface area contributed by atoms with Gasteiger partial charge in [-0.2, -0.15) is 0 Å². The summed E-state index contributed by atoms with van der Waals surface area (Å²) in [5.74, 6) is 0.442. The molecule has 0 saturated carbocycles. The van der Waals surface area contributed by atoms with Gasteiger partial charge < -0.3 is 4.74 Å². The molecule has 108 valence electrons. The molecule has 1 atom stereocenters. The smallest absolute Gasteiger partial charge is 0.241 e. The molecule has 0 aliphatic carbocycles. The van der Waals surface area contributed by atoms with Crippen LogP contribution in [0.2, 0.25) is 5.02 Å². The number of nitrogens with one attached hydrogen (secondary N) is 1. The predicted octanol–water partition coefficient (Wildman–Crippen LogP) is 3.45. The van der Waals surface area contributed by atoms with Gasteiger partial charge in [0, 0.05) is 4.88 Å². The van der Waals surface area contributed by atoms with Gasteiger partial charge in [0.05, 0.1) is 23.1 Å². The van der Waals surface area contributed by atoms with Crippen LogP contribution in [0, 0.1) is 0 Å². The number of sulfonamides is 1. The minimum Gasteiger partial charge on any atom is -0.495 e. The molecule has 4 nitrogen and oxygen atoms in total. The first-order valence-electron chi connectivity index (χ1n) is 5.83. The van der Waals surface area contributed by atoms with Crippen molar-refractivity contribution in [2.24, 2.45) is 0 Å². The number of ether oxygens (including phenoxy) is 1. The Morgan fingerprint density at radius 2 is 2.10 bits per heavy atom. The number of thiophene rings is 1. The van der Waals surface area contributed by atoms with E-state index in [0.717, 1.165) is 4.88 Å². The Hall–Kier alpha value is -1.08. The molecule has 1 heterocycles. The average molecular weight is 332 g/mol. The lowest BCUT2D eigenvalue weighted by molar-refractivity contribution is 0.414. The second-order valence-electron chi connectivity index (χ2n) is 4.15. The first-order valence-corrected chi connectivity index (χ1v) is 8.57. The molecule has 2 aromatic rings. The van der Waals surface area contributed by atoms with Gasteiger partial charge in [0.25, 0.3) is 0 Å². The van der Waals surface area contributed by atoms with E-state index in [0.29, 0.717) is 5.75 Å². The van der Waals surface area contributed by atoms with E-state index in [-0.39, 0.29) is 16.0 Å². The molecule has 0 bridgehead atoms. The van der Waals surface area contributed by atoms with E-state index in [1.54, 1.807) is 6.92 Å². The summed E-state index contributed by atoms with van der Waals surface area (Å²) in [5.41, 5.74) is 0. The highest BCUT2D eigenvalue weighted by atomic mass is 35.5. The van der Waals surface area contributed by atoms with E-state index in [1.807, 2.05) is 17.5 Å². The second-order valence-corrected chi connectivity index (χ2v) is 7.26. The van der Waals surface area contributed by atoms with Crippen molar-refractivity contribution in [3.8, 4) is 5.75 Å². The third kappa shape index (κ3) is 3.32. The van der Waals surface area contributed by atoms with Gasteiger partial charge in [-0.05, 0) is 36.6 Å². The lowest BCUT2D eigenvalue weighted by Crippen LogP contribution is -2.26. The van der Waals surface area contributed by atoms with E-state index < -0.39 is 10.0 Å². The van der Waals surface area contributed by atoms with Gasteiger partial charge in [-0.15, -0.1) is 11.3 Å². The Kier molecular flexibility index (Phi) is 4.70. The Morgan fingerprint density at radius 1 is 1.35 bits per heavy atom. The van der Waals surface area contributed by atoms with Crippen molar-refractivity contribution in [1.29, 1.82) is 0 Å². The minimum atomic E-state index is -3.62. The van der Waals surface area contributed by atoms with Crippen molar-refractivity contribution < 1.29 is 13.2 Å². The summed E-state index contributed by atoms with van der Waals surface area (Å²) in [6.45, 7) is 1.80. The van der Waals surface area contributed by atoms with Crippen LogP contribution in [0.15, 0.2) is 40.6 Å². The molecule has 0 saturated heterocycles. The molecule has 2 rings (SSSR count). The average Bonchev–Trinajstić information content (AvgIpc) is 2.92. The molecule has 0 aliphatic rings. The summed E-state index contributed by atoms with van der Waals surface area (Å²) in [4.78, 5) is 1.07. The Labute approximate surface area is 127 Å². The van der Waals surface area contributed by atoms with E-state index in [1.165, 1.54) is 36.6 Å². The highest BCUT2D eigenvalue weighted by Gasteiger charge is 2.20. The Balaban J connectivity index is 2.24. The molecule has 1 aromatic carbocycles. The molecule has 7 heteroatoms. The van der Waals surface area contributed by atoms with Gasteiger partial charge in [-0.3, -0.25) is 0 Å². The standard InChI is InChI=1S/C13H14ClNO3S2/c1-9(13-4-3-7-19-13)15-20(16,17)10-5-6-12(18-2)11(14)8-10/h3-9,15H,1-2H3. The summed E-state index contributed by atoms with van der Waals surface area (Å²) in [6.07, 6.45) is 0. The van der Waals surface area contributed by atoms with Gasteiger partial charge in [0.15, 0.2) is 0 Å². The minimum absolute atomic E-state index is 0.117. The van der Waals surface area contributed by atoms with Gasteiger partial charge in [0.1, 0.15) is 5.75 Å². The van der Waals surface area contributed by atoms with Gasteiger partial charge in [-0.1, -0.05) is 17.7 Å². The van der Waals surface area contributed by atoms with E-state index in [4.69, 9.17) is 16.3 Å². The van der Waals surface area contributed by atoms with Crippen molar-refractivity contribution in [3.63, 3.8) is 0 Å². The summed E-state index contributed by atoms with van der Waals surface area (Å²) in [5, 5.41) is 2.17. The van der Waals surface area contributed by atoms with Crippen molar-refractivity contribution in [1.82, 2.24) is 4.72 Å². The zero-order valence-electron chi connectivity index (χ0n) is 11.0. The SMILES string of the molecule is COc1ccc(S(=O)(=O)NC(C)c2cccs2)cc1Cl. The highest BCUT2D eigenvalue weighted by Crippen LogP contribution is 2.28. The normalized spacial score (nSPS) is 13.2. The van der Waals surface area contributed by atoms with E-state index in [2.05, 4.69) is 4.72 Å². The maximum Gasteiger partial charge on any atom is 0.241 e. The lowest BCUT2D eigenvalue weighted by Gasteiger charge is -2.13. The first-order chi connectivity index (χ1) is 9.44. The zero-order valence-corrected chi connectivity index (χ0v) is 13.3. The summed E-state index contributed by atoms with van der Waals surface area (Å²) < 4.78 is 32.2. The maximum atomic E-state index is 12.3. The largest absolute Gasteiger partial charge is 0.495 e. The molecule has 1 N–H and O–H groups in total. The van der Waals surface area contributed by atoms with Crippen LogP contribution in [-0.4, -0.2) is 15.5 Å². The molecule has 20 heavy (non-hydrogen) atoms. The van der Waals surface area contributed by atoms with Crippen LogP contribution in [0.5, 0.6) is 5.75 Å². The topological polar surface area (TPSA) is 55.4 Å². The van der Waals surface area contributed by atoms with Crippen LogP contribution in [0.3, 0.4) is 0 Å². The summed E-state index contributed by atoms with van der Waals surface area (Å²) >= 11 is 7.46. The van der Waals surface area contributed by atoms with Crippen molar-refractivity contribution >= 4 is 33.0 Å². The molecular weight excluding hydrogens is 318 g/mol. The van der Waals surface area contributed by atoms with Crippen LogP contribution in [0.4, 0.5) is 0 Å². The predicted molar refractivity (Wildman–Crippen MR) is 81.1 cm³/mol. The number of benzene rings is 1. The quantitative estimate of drug-likeness (QED) is 0.913. The van der Waals surface area contributed by atoms with Crippen LogP contribution in [-0.2, 0) is 10.0 Å². The fourth-order valence-electron chi connectivity index (χ4n) is 1.71. The molecule has 1 aromatic heterocycles. The third-order valence-electron chi connectivity index (χ3n) is 2.74. The number of halogens is 1. The van der Waals surface area contributed by atoms with Crippen LogP contribution in [0.1, 0.15) is 17.8 Å². The van der Waals surface area contributed by atoms with Crippen LogP contribution in [0.25, 0.3) is 0 Å². The third-order valence-corrected chi connectivity index (χ3v) is 5.62. The second kappa shape index (κ2) is 6.13. The highest BCUT2D eigenvalue weighted by molar-refractivity contribution is 7.89. The monoisotopic (exact) mass is 331 g/mol. The Morgan fingerprint density at radius 3 is 2.65 bits per heavy atom. The fraction of sp³-hybridized carbons (Fsp3) is 0.231. The number of rotatable bonds is 5. The molecule has 0 aliphatic heterocycles. The first kappa shape index (κ1) is 15.3. The van der Waals surface area contributed by atoms with E-state index >= 15 is 0 Å². The van der Waals surface area contributed by atoms with Crippen molar-refractivity contribution in [2.45, 2.75) is 17.9 Å². The number of hydrogen-bond acceptors (Lipinski definition) is 4. The van der Waals surface area contributed by atoms with Gasteiger partial charge >= 0.3 is 0 Å². The molecular formula is C13H14ClNO3S2. The van der Waals surface area contributed by atoms with E-state index in [9.17, 15) is 8.42 Å². The molecule has 0 radical (unpaired) electrons. The van der Waals surface area contributed by atoms with Gasteiger partial charge in [0.2, 0.25) is 10.0 Å². The van der Waals surface area contributed by atoms with Crippen LogP contribution >= 0.6 is 22.9 Å². The molecule has 0 spiro atoms. The van der Waals surface area contributed by atoms with Gasteiger partial charge in [-0.25, -0.2) is 13.1 Å². The maximum absolute atomic E-state index is 12.3.